The Morgan fingerprint density at radius 3 is 3.13 bits per heavy atom. The van der Waals surface area contributed by atoms with Crippen LogP contribution in [0.1, 0.15) is 32.0 Å². The molecule has 0 bridgehead atoms. The fourth-order valence-corrected chi connectivity index (χ4v) is 2.08. The van der Waals surface area contributed by atoms with Crippen LogP contribution in [0.3, 0.4) is 0 Å². The van der Waals surface area contributed by atoms with E-state index < -0.39 is 0 Å². The van der Waals surface area contributed by atoms with Crippen LogP contribution in [0, 0.1) is 0 Å². The molecule has 0 spiro atoms. The molecule has 2 atom stereocenters. The van der Waals surface area contributed by atoms with Crippen LogP contribution in [0.2, 0.25) is 0 Å². The van der Waals surface area contributed by atoms with Crippen molar-refractivity contribution in [1.29, 1.82) is 0 Å². The molecule has 2 rings (SSSR count). The number of nitrogens with one attached hydrogen (secondary N) is 1. The van der Waals surface area contributed by atoms with Crippen LogP contribution in [0.25, 0.3) is 0 Å². The minimum Gasteiger partial charge on any atom is -0.392 e. The van der Waals surface area contributed by atoms with E-state index in [9.17, 15) is 5.11 Å². The summed E-state index contributed by atoms with van der Waals surface area (Å²) in [7, 11) is 0. The van der Waals surface area contributed by atoms with Crippen LogP contribution in [0.5, 0.6) is 0 Å². The van der Waals surface area contributed by atoms with Gasteiger partial charge >= 0.3 is 0 Å². The average molecular weight is 210 g/mol. The van der Waals surface area contributed by atoms with Gasteiger partial charge in [-0.15, -0.1) is 10.2 Å². The normalized spacial score (nSPS) is 26.0. The van der Waals surface area contributed by atoms with Gasteiger partial charge < -0.3 is 15.0 Å². The molecule has 0 saturated heterocycles. The first kappa shape index (κ1) is 10.6. The second-order valence-electron chi connectivity index (χ2n) is 4.02. The minimum absolute atomic E-state index is 0.192. The van der Waals surface area contributed by atoms with Gasteiger partial charge in [-0.1, -0.05) is 0 Å². The van der Waals surface area contributed by atoms with Crippen molar-refractivity contribution in [3.8, 4) is 0 Å². The molecular formula is C10H18N4O. The Kier molecular flexibility index (Phi) is 3.33. The van der Waals surface area contributed by atoms with E-state index in [-0.39, 0.29) is 12.1 Å². The molecule has 0 amide bonds. The smallest absolute Gasteiger partial charge is 0.146 e. The van der Waals surface area contributed by atoms with Crippen molar-refractivity contribution < 1.29 is 5.11 Å². The zero-order chi connectivity index (χ0) is 10.7. The first-order valence-electron chi connectivity index (χ1n) is 5.59. The van der Waals surface area contributed by atoms with Gasteiger partial charge in [0.1, 0.15) is 12.2 Å². The number of hydrogen-bond acceptors (Lipinski definition) is 4. The maximum atomic E-state index is 9.64. The Labute approximate surface area is 89.5 Å². The molecule has 0 radical (unpaired) electrons. The number of aryl methyl sites for hydroxylation is 1. The third-order valence-corrected chi connectivity index (χ3v) is 3.04. The molecule has 5 heteroatoms. The van der Waals surface area contributed by atoms with E-state index in [2.05, 4.69) is 22.4 Å². The van der Waals surface area contributed by atoms with Gasteiger partial charge in [0.15, 0.2) is 0 Å². The van der Waals surface area contributed by atoms with Crippen LogP contribution in [0.15, 0.2) is 6.33 Å². The third kappa shape index (κ3) is 2.35. The lowest BCUT2D eigenvalue weighted by atomic mass is 10.2. The number of aliphatic hydroxyl groups excluding tert-OH is 1. The van der Waals surface area contributed by atoms with E-state index in [1.807, 2.05) is 4.57 Å². The highest BCUT2D eigenvalue weighted by molar-refractivity contribution is 4.89. The molecule has 1 aromatic rings. The summed E-state index contributed by atoms with van der Waals surface area (Å²) in [5.41, 5.74) is 0. The molecule has 15 heavy (non-hydrogen) atoms. The number of nitrogens with zero attached hydrogens (tertiary/aromatic N) is 3. The van der Waals surface area contributed by atoms with Crippen LogP contribution in [-0.2, 0) is 13.1 Å². The summed E-state index contributed by atoms with van der Waals surface area (Å²) < 4.78 is 2.01. The first-order chi connectivity index (χ1) is 7.31. The minimum atomic E-state index is -0.192. The van der Waals surface area contributed by atoms with Crippen molar-refractivity contribution >= 4 is 0 Å². The molecular weight excluding hydrogens is 192 g/mol. The van der Waals surface area contributed by atoms with Gasteiger partial charge in [-0.2, -0.15) is 0 Å². The molecule has 0 aromatic carbocycles. The van der Waals surface area contributed by atoms with Crippen molar-refractivity contribution in [2.24, 2.45) is 0 Å². The Morgan fingerprint density at radius 1 is 1.60 bits per heavy atom. The molecule has 5 nitrogen and oxygen atoms in total. The predicted molar refractivity (Wildman–Crippen MR) is 56.2 cm³/mol. The van der Waals surface area contributed by atoms with E-state index in [1.165, 1.54) is 0 Å². The number of aliphatic hydroxyl groups is 1. The highest BCUT2D eigenvalue weighted by Crippen LogP contribution is 2.18. The van der Waals surface area contributed by atoms with Gasteiger partial charge in [-0.05, 0) is 26.2 Å². The lowest BCUT2D eigenvalue weighted by Crippen LogP contribution is -2.35. The topological polar surface area (TPSA) is 63.0 Å². The Hall–Kier alpha value is -0.940. The molecule has 0 aliphatic heterocycles. The average Bonchev–Trinajstić information content (AvgIpc) is 2.83. The summed E-state index contributed by atoms with van der Waals surface area (Å²) in [6.45, 7) is 3.64. The molecule has 1 aromatic heterocycles. The van der Waals surface area contributed by atoms with Crippen molar-refractivity contribution in [1.82, 2.24) is 20.1 Å². The zero-order valence-electron chi connectivity index (χ0n) is 9.06. The van der Waals surface area contributed by atoms with Gasteiger partial charge in [-0.3, -0.25) is 0 Å². The molecule has 1 fully saturated rings. The van der Waals surface area contributed by atoms with Gasteiger partial charge in [0.2, 0.25) is 0 Å². The Bertz CT molecular complexity index is 312. The van der Waals surface area contributed by atoms with Gasteiger partial charge in [-0.25, -0.2) is 0 Å². The van der Waals surface area contributed by atoms with E-state index in [0.29, 0.717) is 6.54 Å². The molecule has 1 saturated carbocycles. The SMILES string of the molecule is CCn1cnnc1CN[C@H]1CCC[C@@H]1O. The maximum absolute atomic E-state index is 9.64. The van der Waals surface area contributed by atoms with Gasteiger partial charge in [0, 0.05) is 12.6 Å². The van der Waals surface area contributed by atoms with E-state index in [1.54, 1.807) is 6.33 Å². The molecule has 2 N–H and O–H groups in total. The largest absolute Gasteiger partial charge is 0.392 e. The highest BCUT2D eigenvalue weighted by atomic mass is 16.3. The first-order valence-corrected chi connectivity index (χ1v) is 5.59. The predicted octanol–water partition coefficient (Wildman–Crippen LogP) is 0.301. The fraction of sp³-hybridized carbons (Fsp3) is 0.800. The van der Waals surface area contributed by atoms with Crippen LogP contribution in [-0.4, -0.2) is 32.0 Å². The maximum Gasteiger partial charge on any atom is 0.146 e. The van der Waals surface area contributed by atoms with Crippen molar-refractivity contribution in [3.05, 3.63) is 12.2 Å². The van der Waals surface area contributed by atoms with Crippen molar-refractivity contribution in [2.75, 3.05) is 0 Å². The fourth-order valence-electron chi connectivity index (χ4n) is 2.08. The summed E-state index contributed by atoms with van der Waals surface area (Å²) >= 11 is 0. The summed E-state index contributed by atoms with van der Waals surface area (Å²) in [5, 5.41) is 20.9. The standard InChI is InChI=1S/C10H18N4O/c1-2-14-7-12-13-10(14)6-11-8-4-3-5-9(8)15/h7-9,11,15H,2-6H2,1H3/t8-,9-/m0/s1. The number of rotatable bonds is 4. The molecule has 1 heterocycles. The summed E-state index contributed by atoms with van der Waals surface area (Å²) in [6.07, 6.45) is 4.63. The lowest BCUT2D eigenvalue weighted by Gasteiger charge is -2.15. The zero-order valence-corrected chi connectivity index (χ0v) is 9.06. The monoisotopic (exact) mass is 210 g/mol. The van der Waals surface area contributed by atoms with Crippen LogP contribution >= 0.6 is 0 Å². The lowest BCUT2D eigenvalue weighted by molar-refractivity contribution is 0.148. The number of aromatic nitrogens is 3. The molecule has 1 aliphatic carbocycles. The van der Waals surface area contributed by atoms with Gasteiger partial charge in [0.05, 0.1) is 12.6 Å². The van der Waals surface area contributed by atoms with Crippen molar-refractivity contribution in [3.63, 3.8) is 0 Å². The van der Waals surface area contributed by atoms with Gasteiger partial charge in [0.25, 0.3) is 0 Å². The van der Waals surface area contributed by atoms with Crippen molar-refractivity contribution in [2.45, 2.75) is 51.4 Å². The van der Waals surface area contributed by atoms with E-state index in [4.69, 9.17) is 0 Å². The van der Waals surface area contributed by atoms with E-state index in [0.717, 1.165) is 31.6 Å². The Morgan fingerprint density at radius 2 is 2.47 bits per heavy atom. The third-order valence-electron chi connectivity index (χ3n) is 3.04. The quantitative estimate of drug-likeness (QED) is 0.750. The summed E-state index contributed by atoms with van der Waals surface area (Å²) in [5.74, 6) is 0.941. The molecule has 1 aliphatic rings. The molecule has 84 valence electrons. The van der Waals surface area contributed by atoms with Crippen LogP contribution < -0.4 is 5.32 Å². The molecule has 0 unspecified atom stereocenters. The highest BCUT2D eigenvalue weighted by Gasteiger charge is 2.24. The van der Waals surface area contributed by atoms with E-state index >= 15 is 0 Å². The summed E-state index contributed by atoms with van der Waals surface area (Å²) in [6, 6.07) is 0.229. The second-order valence-corrected chi connectivity index (χ2v) is 4.02. The van der Waals surface area contributed by atoms with Crippen LogP contribution in [0.4, 0.5) is 0 Å². The second kappa shape index (κ2) is 4.72. The number of hydrogen-bond donors (Lipinski definition) is 2. The summed E-state index contributed by atoms with van der Waals surface area (Å²) in [4.78, 5) is 0. The Balaban J connectivity index is 1.87.